The number of nitrogens with one attached hydrogen (secondary N) is 1. The largest absolute Gasteiger partial charge is 0.441 e. The lowest BCUT2D eigenvalue weighted by atomic mass is 10.2. The standard InChI is InChI=1S/C21H18F3N3O5S/c22-21(23,24)13-2-1-3-14(10-13)25-17(28)12-27-19(29)16(33-20(27)30)11-15-4-5-18(32-15)26-6-8-31-9-7-26/h1-5,10-11H,6-9,12H2,(H,25,28)/b16-11-. The third kappa shape index (κ3) is 5.40. The van der Waals surface area contributed by atoms with Crippen LogP contribution in [0.3, 0.4) is 0 Å². The van der Waals surface area contributed by atoms with Gasteiger partial charge in [-0.05, 0) is 36.0 Å². The molecule has 1 aromatic carbocycles. The quantitative estimate of drug-likeness (QED) is 0.650. The molecular formula is C21H18F3N3O5S. The summed E-state index contributed by atoms with van der Waals surface area (Å²) in [6, 6.07) is 7.49. The highest BCUT2D eigenvalue weighted by molar-refractivity contribution is 8.18. The summed E-state index contributed by atoms with van der Waals surface area (Å²) in [4.78, 5) is 39.9. The number of benzene rings is 1. The van der Waals surface area contributed by atoms with Crippen molar-refractivity contribution in [2.24, 2.45) is 0 Å². The summed E-state index contributed by atoms with van der Waals surface area (Å²) >= 11 is 0.652. The van der Waals surface area contributed by atoms with Crippen molar-refractivity contribution in [2.75, 3.05) is 43.1 Å². The lowest BCUT2D eigenvalue weighted by molar-refractivity contribution is -0.137. The first kappa shape index (κ1) is 22.9. The molecule has 2 fully saturated rings. The van der Waals surface area contributed by atoms with Crippen molar-refractivity contribution in [3.8, 4) is 0 Å². The monoisotopic (exact) mass is 481 g/mol. The minimum atomic E-state index is -4.56. The number of thioether (sulfide) groups is 1. The van der Waals surface area contributed by atoms with E-state index in [1.807, 2.05) is 4.90 Å². The van der Waals surface area contributed by atoms with Crippen molar-refractivity contribution in [1.82, 2.24) is 4.90 Å². The van der Waals surface area contributed by atoms with E-state index in [0.29, 0.717) is 49.7 Å². The minimum Gasteiger partial charge on any atom is -0.441 e. The Morgan fingerprint density at radius 1 is 1.15 bits per heavy atom. The van der Waals surface area contributed by atoms with Crippen LogP contribution in [0.25, 0.3) is 6.08 Å². The van der Waals surface area contributed by atoms with E-state index in [1.165, 1.54) is 12.1 Å². The van der Waals surface area contributed by atoms with E-state index in [0.717, 1.165) is 23.1 Å². The molecule has 0 spiro atoms. The topological polar surface area (TPSA) is 92.1 Å². The number of imide groups is 1. The van der Waals surface area contributed by atoms with Gasteiger partial charge in [0.2, 0.25) is 5.91 Å². The summed E-state index contributed by atoms with van der Waals surface area (Å²) in [7, 11) is 0. The number of carbonyl (C=O) groups excluding carboxylic acids is 3. The first-order valence-corrected chi connectivity index (χ1v) is 10.7. The van der Waals surface area contributed by atoms with Gasteiger partial charge < -0.3 is 19.4 Å². The maximum Gasteiger partial charge on any atom is 0.416 e. The summed E-state index contributed by atoms with van der Waals surface area (Å²) in [5.74, 6) is -0.501. The van der Waals surface area contributed by atoms with Crippen molar-refractivity contribution in [3.63, 3.8) is 0 Å². The number of hydrogen-bond acceptors (Lipinski definition) is 7. The van der Waals surface area contributed by atoms with E-state index in [9.17, 15) is 27.6 Å². The number of alkyl halides is 3. The number of halogens is 3. The highest BCUT2D eigenvalue weighted by atomic mass is 32.2. The molecule has 3 heterocycles. The van der Waals surface area contributed by atoms with Gasteiger partial charge in [0.15, 0.2) is 5.88 Å². The van der Waals surface area contributed by atoms with Crippen LogP contribution < -0.4 is 10.2 Å². The van der Waals surface area contributed by atoms with E-state index >= 15 is 0 Å². The van der Waals surface area contributed by atoms with Crippen LogP contribution in [0, 0.1) is 0 Å². The van der Waals surface area contributed by atoms with Gasteiger partial charge in [-0.2, -0.15) is 13.2 Å². The molecule has 1 N–H and O–H groups in total. The van der Waals surface area contributed by atoms with Gasteiger partial charge in [-0.15, -0.1) is 0 Å². The molecule has 0 unspecified atom stereocenters. The SMILES string of the molecule is O=C(CN1C(=O)S/C(=C\c2ccc(N3CCOCC3)o2)C1=O)Nc1cccc(C(F)(F)F)c1. The third-order valence-corrected chi connectivity index (χ3v) is 5.77. The molecule has 8 nitrogen and oxygen atoms in total. The Bertz CT molecular complexity index is 1110. The molecule has 0 radical (unpaired) electrons. The molecule has 2 aliphatic rings. The van der Waals surface area contributed by atoms with Gasteiger partial charge in [-0.3, -0.25) is 19.3 Å². The Hall–Kier alpha value is -3.25. The molecule has 12 heteroatoms. The van der Waals surface area contributed by atoms with Gasteiger partial charge in [-0.1, -0.05) is 6.07 Å². The Morgan fingerprint density at radius 2 is 1.91 bits per heavy atom. The average molecular weight is 481 g/mol. The molecule has 0 bridgehead atoms. The molecule has 4 rings (SSSR count). The normalized spacial score (nSPS) is 18.3. The summed E-state index contributed by atoms with van der Waals surface area (Å²) < 4.78 is 49.5. The van der Waals surface area contributed by atoms with Crippen LogP contribution in [0.1, 0.15) is 11.3 Å². The highest BCUT2D eigenvalue weighted by Gasteiger charge is 2.37. The zero-order chi connectivity index (χ0) is 23.6. The maximum absolute atomic E-state index is 12.8. The molecular weight excluding hydrogens is 463 g/mol. The first-order valence-electron chi connectivity index (χ1n) is 9.86. The Balaban J connectivity index is 1.40. The van der Waals surface area contributed by atoms with Crippen LogP contribution in [-0.2, 0) is 20.5 Å². The first-order chi connectivity index (χ1) is 15.7. The molecule has 0 saturated carbocycles. The molecule has 0 atom stereocenters. The second-order valence-electron chi connectivity index (χ2n) is 7.17. The fourth-order valence-electron chi connectivity index (χ4n) is 3.26. The van der Waals surface area contributed by atoms with Gasteiger partial charge in [0.05, 0.1) is 23.7 Å². The van der Waals surface area contributed by atoms with E-state index in [2.05, 4.69) is 5.32 Å². The van der Waals surface area contributed by atoms with Gasteiger partial charge in [-0.25, -0.2) is 0 Å². The van der Waals surface area contributed by atoms with Crippen LogP contribution in [0.5, 0.6) is 0 Å². The van der Waals surface area contributed by atoms with Crippen LogP contribution in [-0.4, -0.2) is 54.8 Å². The highest BCUT2D eigenvalue weighted by Crippen LogP contribution is 2.34. The number of nitrogens with zero attached hydrogens (tertiary/aromatic N) is 2. The van der Waals surface area contributed by atoms with Crippen molar-refractivity contribution in [2.45, 2.75) is 6.18 Å². The van der Waals surface area contributed by atoms with Crippen molar-refractivity contribution < 1.29 is 36.7 Å². The zero-order valence-electron chi connectivity index (χ0n) is 17.1. The number of rotatable bonds is 5. The summed E-state index contributed by atoms with van der Waals surface area (Å²) in [6.45, 7) is 1.87. The van der Waals surface area contributed by atoms with Crippen LogP contribution in [0.15, 0.2) is 45.7 Å². The number of carbonyl (C=O) groups is 3. The second-order valence-corrected chi connectivity index (χ2v) is 8.16. The number of hydrogen-bond donors (Lipinski definition) is 1. The number of ether oxygens (including phenoxy) is 1. The molecule has 2 aromatic rings. The fraction of sp³-hybridized carbons (Fsp3) is 0.286. The van der Waals surface area contributed by atoms with Crippen molar-refractivity contribution in [3.05, 3.63) is 52.6 Å². The fourth-order valence-corrected chi connectivity index (χ4v) is 4.07. The van der Waals surface area contributed by atoms with Crippen LogP contribution in [0.2, 0.25) is 0 Å². The predicted octanol–water partition coefficient (Wildman–Crippen LogP) is 3.81. The Kier molecular flexibility index (Phi) is 6.47. The number of anilines is 2. The minimum absolute atomic E-state index is 0.0785. The Labute approximate surface area is 190 Å². The molecule has 2 saturated heterocycles. The summed E-state index contributed by atoms with van der Waals surface area (Å²) in [5, 5.41) is 1.62. The van der Waals surface area contributed by atoms with Crippen molar-refractivity contribution >= 4 is 46.5 Å². The van der Waals surface area contributed by atoms with E-state index < -0.39 is 35.3 Å². The van der Waals surface area contributed by atoms with Gasteiger partial charge in [0, 0.05) is 30.9 Å². The average Bonchev–Trinajstić information content (AvgIpc) is 3.34. The van der Waals surface area contributed by atoms with Gasteiger partial charge in [0.1, 0.15) is 12.3 Å². The molecule has 0 aliphatic carbocycles. The maximum atomic E-state index is 12.8. The lowest BCUT2D eigenvalue weighted by Crippen LogP contribution is -2.36. The molecule has 3 amide bonds. The summed E-state index contributed by atoms with van der Waals surface area (Å²) in [6.07, 6.45) is -3.15. The van der Waals surface area contributed by atoms with E-state index in [4.69, 9.17) is 9.15 Å². The zero-order valence-corrected chi connectivity index (χ0v) is 17.9. The second kappa shape index (κ2) is 9.32. The van der Waals surface area contributed by atoms with E-state index in [-0.39, 0.29) is 10.6 Å². The van der Waals surface area contributed by atoms with Gasteiger partial charge >= 0.3 is 6.18 Å². The predicted molar refractivity (Wildman–Crippen MR) is 114 cm³/mol. The summed E-state index contributed by atoms with van der Waals surface area (Å²) in [5.41, 5.74) is -1.02. The van der Waals surface area contributed by atoms with Crippen LogP contribution >= 0.6 is 11.8 Å². The van der Waals surface area contributed by atoms with E-state index in [1.54, 1.807) is 12.1 Å². The molecule has 174 valence electrons. The number of furan rings is 1. The van der Waals surface area contributed by atoms with Gasteiger partial charge in [0.25, 0.3) is 11.1 Å². The molecule has 1 aromatic heterocycles. The molecule has 33 heavy (non-hydrogen) atoms. The molecule has 2 aliphatic heterocycles. The lowest BCUT2D eigenvalue weighted by Gasteiger charge is -2.26. The Morgan fingerprint density at radius 3 is 2.64 bits per heavy atom. The smallest absolute Gasteiger partial charge is 0.416 e. The number of amides is 3. The van der Waals surface area contributed by atoms with Crippen LogP contribution in [0.4, 0.5) is 29.5 Å². The number of morpholine rings is 1. The van der Waals surface area contributed by atoms with Crippen molar-refractivity contribution in [1.29, 1.82) is 0 Å². The third-order valence-electron chi connectivity index (χ3n) is 4.86.